The van der Waals surface area contributed by atoms with Gasteiger partial charge in [-0.05, 0) is 58.4 Å². The van der Waals surface area contributed by atoms with Gasteiger partial charge in [-0.15, -0.1) is 0 Å². The van der Waals surface area contributed by atoms with E-state index in [1.54, 1.807) is 35.8 Å². The number of benzene rings is 3. The van der Waals surface area contributed by atoms with E-state index in [1.165, 1.54) is 59.8 Å². The van der Waals surface area contributed by atoms with E-state index in [0.717, 1.165) is 0 Å². The first kappa shape index (κ1) is 17.6. The molecule has 0 aliphatic heterocycles. The quantitative estimate of drug-likeness (QED) is 0.296. The predicted octanol–water partition coefficient (Wildman–Crippen LogP) is 7.54. The van der Waals surface area contributed by atoms with Crippen molar-refractivity contribution in [3.05, 3.63) is 96.8 Å². The summed E-state index contributed by atoms with van der Waals surface area (Å²) in [6.07, 6.45) is 11.4. The zero-order chi connectivity index (χ0) is 19.5. The highest BCUT2D eigenvalue weighted by Gasteiger charge is 2.13. The van der Waals surface area contributed by atoms with Crippen molar-refractivity contribution in [1.29, 1.82) is 0 Å². The van der Waals surface area contributed by atoms with Crippen molar-refractivity contribution in [2.75, 3.05) is 0 Å². The maximum absolute atomic E-state index is 5.27. The van der Waals surface area contributed by atoms with Crippen LogP contribution in [-0.2, 0) is 12.8 Å². The molecule has 0 amide bonds. The lowest BCUT2D eigenvalue weighted by Gasteiger charge is -2.18. The van der Waals surface area contributed by atoms with Crippen LogP contribution in [0.5, 0.6) is 11.5 Å². The molecule has 6 rings (SSSR count). The molecule has 0 N–H and O–H groups in total. The van der Waals surface area contributed by atoms with Crippen molar-refractivity contribution < 1.29 is 13.6 Å². The van der Waals surface area contributed by atoms with Crippen molar-refractivity contribution in [2.24, 2.45) is 0 Å². The van der Waals surface area contributed by atoms with Gasteiger partial charge in [-0.1, -0.05) is 48.5 Å². The molecule has 0 bridgehead atoms. The maximum Gasteiger partial charge on any atom is 0.165 e. The molecule has 3 heteroatoms. The number of aryl methyl sites for hydroxylation is 2. The van der Waals surface area contributed by atoms with Crippen molar-refractivity contribution in [2.45, 2.75) is 25.7 Å². The summed E-state index contributed by atoms with van der Waals surface area (Å²) in [7, 11) is 0. The Labute approximate surface area is 169 Å². The Balaban J connectivity index is 0.000000142. The molecule has 0 spiro atoms. The van der Waals surface area contributed by atoms with E-state index in [2.05, 4.69) is 48.5 Å². The van der Waals surface area contributed by atoms with Gasteiger partial charge >= 0.3 is 0 Å². The summed E-state index contributed by atoms with van der Waals surface area (Å²) >= 11 is 0. The van der Waals surface area contributed by atoms with E-state index >= 15 is 0 Å². The summed E-state index contributed by atoms with van der Waals surface area (Å²) in [5.41, 5.74) is 3.17. The first-order valence-corrected chi connectivity index (χ1v) is 10.0. The van der Waals surface area contributed by atoms with E-state index in [-0.39, 0.29) is 0 Å². The predicted molar refractivity (Wildman–Crippen MR) is 116 cm³/mol. The van der Waals surface area contributed by atoms with Gasteiger partial charge in [-0.25, -0.2) is 0 Å². The van der Waals surface area contributed by atoms with Crippen LogP contribution in [0, 0.1) is 0 Å². The molecule has 2 heterocycles. The van der Waals surface area contributed by atoms with Crippen molar-refractivity contribution in [3.8, 4) is 11.5 Å². The van der Waals surface area contributed by atoms with Crippen LogP contribution in [-0.4, -0.2) is 0 Å². The van der Waals surface area contributed by atoms with Gasteiger partial charge in [0.2, 0.25) is 0 Å². The normalized spacial score (nSPS) is 13.0. The first-order valence-electron chi connectivity index (χ1n) is 10.0. The van der Waals surface area contributed by atoms with Gasteiger partial charge in [-0.2, -0.15) is 0 Å². The number of furan rings is 2. The topological polar surface area (TPSA) is 35.5 Å². The van der Waals surface area contributed by atoms with Crippen LogP contribution in [0.2, 0.25) is 0 Å². The van der Waals surface area contributed by atoms with Crippen LogP contribution in [0.4, 0.5) is 0 Å². The number of hydrogen-bond acceptors (Lipinski definition) is 3. The molecular weight excluding hydrogens is 360 g/mol. The third kappa shape index (κ3) is 3.64. The fourth-order valence-electron chi connectivity index (χ4n) is 4.10. The molecule has 0 fully saturated rings. The minimum absolute atomic E-state index is 0.673. The highest BCUT2D eigenvalue weighted by Crippen LogP contribution is 2.33. The highest BCUT2D eigenvalue weighted by molar-refractivity contribution is 6.08. The molecule has 29 heavy (non-hydrogen) atoms. The fourth-order valence-corrected chi connectivity index (χ4v) is 4.10. The van der Waals surface area contributed by atoms with Crippen LogP contribution in [0.15, 0.2) is 94.6 Å². The summed E-state index contributed by atoms with van der Waals surface area (Å²) < 4.78 is 14.9. The average molecular weight is 382 g/mol. The molecule has 5 aromatic rings. The van der Waals surface area contributed by atoms with E-state index in [0.29, 0.717) is 11.5 Å². The minimum Gasteiger partial charge on any atom is -0.469 e. The molecule has 1 aliphatic carbocycles. The van der Waals surface area contributed by atoms with E-state index in [4.69, 9.17) is 13.6 Å². The molecule has 144 valence electrons. The molecule has 0 saturated carbocycles. The Hall–Kier alpha value is -3.46. The van der Waals surface area contributed by atoms with Crippen molar-refractivity contribution >= 4 is 21.5 Å². The smallest absolute Gasteiger partial charge is 0.165 e. The minimum atomic E-state index is 0.673. The van der Waals surface area contributed by atoms with Gasteiger partial charge in [0.05, 0.1) is 12.5 Å². The number of rotatable bonds is 2. The highest BCUT2D eigenvalue weighted by atomic mass is 16.5. The Kier molecular flexibility index (Phi) is 4.79. The second kappa shape index (κ2) is 7.88. The van der Waals surface area contributed by atoms with E-state index in [1.807, 2.05) is 0 Å². The Morgan fingerprint density at radius 3 is 2.10 bits per heavy atom. The standard InChI is InChI=1S/C18H16.C8H6O3/c1-3-7-15-13(5-1)9-11-18-16-8-4-2-6-14(16)10-12-17(15)18;1-3-9-5-7(1)11-8-2-4-10-6-8/h1,3,5,7,9-12H,2,4,6,8H2;1-6H. The van der Waals surface area contributed by atoms with Gasteiger partial charge < -0.3 is 13.6 Å². The third-order valence-electron chi connectivity index (χ3n) is 5.48. The zero-order valence-electron chi connectivity index (χ0n) is 16.1. The average Bonchev–Trinajstić information content (AvgIpc) is 3.49. The third-order valence-corrected chi connectivity index (χ3v) is 5.48. The van der Waals surface area contributed by atoms with Crippen molar-refractivity contribution in [1.82, 2.24) is 0 Å². The van der Waals surface area contributed by atoms with Gasteiger partial charge in [0, 0.05) is 12.1 Å². The molecule has 3 aromatic carbocycles. The zero-order valence-corrected chi connectivity index (χ0v) is 16.1. The molecule has 0 radical (unpaired) electrons. The van der Waals surface area contributed by atoms with Crippen LogP contribution < -0.4 is 4.74 Å². The van der Waals surface area contributed by atoms with Crippen molar-refractivity contribution in [3.63, 3.8) is 0 Å². The second-order valence-electron chi connectivity index (χ2n) is 7.31. The molecule has 1 aliphatic rings. The van der Waals surface area contributed by atoms with E-state index < -0.39 is 0 Å². The molecular formula is C26H22O3. The van der Waals surface area contributed by atoms with Crippen LogP contribution in [0.25, 0.3) is 21.5 Å². The Morgan fingerprint density at radius 1 is 0.621 bits per heavy atom. The summed E-state index contributed by atoms with van der Waals surface area (Å²) in [5.74, 6) is 1.35. The van der Waals surface area contributed by atoms with Crippen LogP contribution in [0.3, 0.4) is 0 Å². The van der Waals surface area contributed by atoms with E-state index in [9.17, 15) is 0 Å². The van der Waals surface area contributed by atoms with Gasteiger partial charge in [0.25, 0.3) is 0 Å². The van der Waals surface area contributed by atoms with Crippen LogP contribution >= 0.6 is 0 Å². The molecule has 0 saturated heterocycles. The SMILES string of the molecule is c1cc(Oc2ccoc2)co1.c1ccc2c(c1)ccc1c3c(ccc12)CCCC3. The lowest BCUT2D eigenvalue weighted by Crippen LogP contribution is -2.02. The monoisotopic (exact) mass is 382 g/mol. The molecule has 0 atom stereocenters. The molecule has 3 nitrogen and oxygen atoms in total. The molecule has 2 aromatic heterocycles. The summed E-state index contributed by atoms with van der Waals surface area (Å²) in [4.78, 5) is 0. The lowest BCUT2D eigenvalue weighted by molar-refractivity contribution is 0.454. The van der Waals surface area contributed by atoms with Gasteiger partial charge in [0.15, 0.2) is 11.5 Å². The maximum atomic E-state index is 5.27. The Bertz CT molecular complexity index is 1190. The fraction of sp³-hybridized carbons (Fsp3) is 0.154. The first-order chi connectivity index (χ1) is 14.4. The largest absolute Gasteiger partial charge is 0.469 e. The Morgan fingerprint density at radius 2 is 1.34 bits per heavy atom. The molecule has 0 unspecified atom stereocenters. The number of ether oxygens (including phenoxy) is 1. The summed E-state index contributed by atoms with van der Waals surface area (Å²) in [5, 5.41) is 5.64. The van der Waals surface area contributed by atoms with Gasteiger partial charge in [-0.3, -0.25) is 0 Å². The number of hydrogen-bond donors (Lipinski definition) is 0. The van der Waals surface area contributed by atoms with Crippen LogP contribution in [0.1, 0.15) is 24.0 Å². The summed E-state index contributed by atoms with van der Waals surface area (Å²) in [6, 6.07) is 21.4. The number of fused-ring (bicyclic) bond motifs is 5. The van der Waals surface area contributed by atoms with Gasteiger partial charge in [0.1, 0.15) is 12.5 Å². The second-order valence-corrected chi connectivity index (χ2v) is 7.31. The lowest BCUT2D eigenvalue weighted by atomic mass is 9.86. The summed E-state index contributed by atoms with van der Waals surface area (Å²) in [6.45, 7) is 0.